The first kappa shape index (κ1) is 19.1. The van der Waals surface area contributed by atoms with Crippen LogP contribution in [0.2, 0.25) is 0 Å². The standard InChI is InChI=1S/C19H24FN5O2S/c1-15-14-18(23-8-4-5-9-23)22-19(21-15)24-10-12-25(13-11-24)28(26,27)17-7-3-2-6-16(17)20/h2-3,6-7,14H,4-5,8-13H2,1H3. The monoisotopic (exact) mass is 405 g/mol. The van der Waals surface area contributed by atoms with Crippen LogP contribution >= 0.6 is 0 Å². The number of hydrogen-bond donors (Lipinski definition) is 0. The summed E-state index contributed by atoms with van der Waals surface area (Å²) in [5.74, 6) is 0.841. The molecule has 1 aromatic heterocycles. The van der Waals surface area contributed by atoms with E-state index in [1.807, 2.05) is 17.9 Å². The van der Waals surface area contributed by atoms with Gasteiger partial charge in [0, 0.05) is 51.0 Å². The Hall–Kier alpha value is -2.26. The average Bonchev–Trinajstić information content (AvgIpc) is 3.23. The number of rotatable bonds is 4. The molecule has 0 radical (unpaired) electrons. The van der Waals surface area contributed by atoms with Crippen molar-refractivity contribution in [2.45, 2.75) is 24.7 Å². The van der Waals surface area contributed by atoms with Gasteiger partial charge in [-0.2, -0.15) is 9.29 Å². The van der Waals surface area contributed by atoms with E-state index in [9.17, 15) is 12.8 Å². The number of aromatic nitrogens is 2. The Kier molecular flexibility index (Phi) is 5.20. The van der Waals surface area contributed by atoms with Crippen molar-refractivity contribution in [2.24, 2.45) is 0 Å². The van der Waals surface area contributed by atoms with Crippen molar-refractivity contribution in [3.8, 4) is 0 Å². The van der Waals surface area contributed by atoms with Gasteiger partial charge in [-0.25, -0.2) is 17.8 Å². The molecule has 0 aliphatic carbocycles. The second kappa shape index (κ2) is 7.63. The quantitative estimate of drug-likeness (QED) is 0.775. The van der Waals surface area contributed by atoms with Crippen molar-refractivity contribution >= 4 is 21.8 Å². The van der Waals surface area contributed by atoms with Gasteiger partial charge in [0.1, 0.15) is 16.5 Å². The van der Waals surface area contributed by atoms with Crippen LogP contribution in [0.15, 0.2) is 35.2 Å². The second-order valence-electron chi connectivity index (χ2n) is 7.18. The molecule has 2 aromatic rings. The van der Waals surface area contributed by atoms with Gasteiger partial charge in [-0.15, -0.1) is 0 Å². The maximum absolute atomic E-state index is 14.0. The molecule has 0 amide bonds. The molecule has 7 nitrogen and oxygen atoms in total. The minimum atomic E-state index is -3.85. The molecule has 1 aromatic carbocycles. The number of sulfonamides is 1. The van der Waals surface area contributed by atoms with E-state index in [1.165, 1.54) is 41.4 Å². The van der Waals surface area contributed by atoms with Gasteiger partial charge >= 0.3 is 0 Å². The minimum Gasteiger partial charge on any atom is -0.356 e. The summed E-state index contributed by atoms with van der Waals surface area (Å²) < 4.78 is 40.8. The van der Waals surface area contributed by atoms with Crippen LogP contribution in [0.4, 0.5) is 16.2 Å². The number of aryl methyl sites for hydroxylation is 1. The molecule has 0 unspecified atom stereocenters. The van der Waals surface area contributed by atoms with Crippen LogP contribution in [0.3, 0.4) is 0 Å². The normalized spacial score (nSPS) is 18.6. The third-order valence-corrected chi connectivity index (χ3v) is 7.17. The summed E-state index contributed by atoms with van der Waals surface area (Å²) in [5, 5.41) is 0. The predicted molar refractivity (Wildman–Crippen MR) is 106 cm³/mol. The summed E-state index contributed by atoms with van der Waals surface area (Å²) in [7, 11) is -3.85. The Labute approximate surface area is 164 Å². The zero-order chi connectivity index (χ0) is 19.7. The number of piperazine rings is 1. The molecule has 2 aliphatic rings. The lowest BCUT2D eigenvalue weighted by Gasteiger charge is -2.34. The first-order valence-electron chi connectivity index (χ1n) is 9.55. The fourth-order valence-electron chi connectivity index (χ4n) is 3.71. The third kappa shape index (κ3) is 3.68. The summed E-state index contributed by atoms with van der Waals surface area (Å²) in [6, 6.07) is 7.49. The fourth-order valence-corrected chi connectivity index (χ4v) is 5.19. The van der Waals surface area contributed by atoms with E-state index in [0.717, 1.165) is 24.6 Å². The highest BCUT2D eigenvalue weighted by atomic mass is 32.2. The molecule has 0 saturated carbocycles. The summed E-state index contributed by atoms with van der Waals surface area (Å²) in [6.07, 6.45) is 2.34. The number of anilines is 2. The SMILES string of the molecule is Cc1cc(N2CCCC2)nc(N2CCN(S(=O)(=O)c3ccccc3F)CC2)n1. The highest BCUT2D eigenvalue weighted by molar-refractivity contribution is 7.89. The summed E-state index contributed by atoms with van der Waals surface area (Å²) in [4.78, 5) is 13.2. The summed E-state index contributed by atoms with van der Waals surface area (Å²) in [5.41, 5.74) is 0.897. The van der Waals surface area contributed by atoms with Gasteiger partial charge in [-0.3, -0.25) is 0 Å². The highest BCUT2D eigenvalue weighted by Gasteiger charge is 2.31. The lowest BCUT2D eigenvalue weighted by Crippen LogP contribution is -2.49. The second-order valence-corrected chi connectivity index (χ2v) is 9.09. The molecule has 3 heterocycles. The molecule has 0 bridgehead atoms. The predicted octanol–water partition coefficient (Wildman–Crippen LogP) is 2.04. The molecule has 2 saturated heterocycles. The zero-order valence-corrected chi connectivity index (χ0v) is 16.7. The van der Waals surface area contributed by atoms with Crippen molar-refractivity contribution in [3.63, 3.8) is 0 Å². The van der Waals surface area contributed by atoms with Crippen molar-refractivity contribution in [1.82, 2.24) is 14.3 Å². The Balaban J connectivity index is 1.49. The smallest absolute Gasteiger partial charge is 0.246 e. The molecule has 9 heteroatoms. The Morgan fingerprint density at radius 2 is 1.61 bits per heavy atom. The zero-order valence-electron chi connectivity index (χ0n) is 15.9. The molecule has 2 fully saturated rings. The van der Waals surface area contributed by atoms with E-state index in [4.69, 9.17) is 4.98 Å². The van der Waals surface area contributed by atoms with E-state index in [-0.39, 0.29) is 18.0 Å². The Bertz CT molecular complexity index is 955. The van der Waals surface area contributed by atoms with Crippen LogP contribution in [0.25, 0.3) is 0 Å². The van der Waals surface area contributed by atoms with Crippen LogP contribution in [0.5, 0.6) is 0 Å². The molecule has 2 aliphatic heterocycles. The largest absolute Gasteiger partial charge is 0.356 e. The van der Waals surface area contributed by atoms with E-state index < -0.39 is 15.8 Å². The molecule has 150 valence electrons. The van der Waals surface area contributed by atoms with Gasteiger partial charge in [-0.1, -0.05) is 12.1 Å². The third-order valence-electron chi connectivity index (χ3n) is 5.23. The number of hydrogen-bond acceptors (Lipinski definition) is 6. The Morgan fingerprint density at radius 1 is 0.929 bits per heavy atom. The van der Waals surface area contributed by atoms with E-state index >= 15 is 0 Å². The van der Waals surface area contributed by atoms with Crippen molar-refractivity contribution < 1.29 is 12.8 Å². The van der Waals surface area contributed by atoms with Crippen molar-refractivity contribution in [2.75, 3.05) is 49.1 Å². The first-order valence-corrected chi connectivity index (χ1v) is 11.0. The van der Waals surface area contributed by atoms with Gasteiger partial charge < -0.3 is 9.80 Å². The molecule has 0 spiro atoms. The van der Waals surface area contributed by atoms with Crippen LogP contribution in [-0.2, 0) is 10.0 Å². The lowest BCUT2D eigenvalue weighted by molar-refractivity contribution is 0.380. The Morgan fingerprint density at radius 3 is 2.29 bits per heavy atom. The molecule has 28 heavy (non-hydrogen) atoms. The summed E-state index contributed by atoms with van der Waals surface area (Å²) >= 11 is 0. The van der Waals surface area contributed by atoms with Gasteiger partial charge in [0.15, 0.2) is 0 Å². The molecular weight excluding hydrogens is 381 g/mol. The lowest BCUT2D eigenvalue weighted by atomic mass is 10.3. The number of benzene rings is 1. The fraction of sp³-hybridized carbons (Fsp3) is 0.474. The van der Waals surface area contributed by atoms with E-state index in [2.05, 4.69) is 9.88 Å². The first-order chi connectivity index (χ1) is 13.4. The van der Waals surface area contributed by atoms with Gasteiger partial charge in [-0.05, 0) is 31.9 Å². The van der Waals surface area contributed by atoms with E-state index in [1.54, 1.807) is 0 Å². The van der Waals surface area contributed by atoms with Crippen LogP contribution in [-0.4, -0.2) is 62.0 Å². The number of halogens is 1. The molecule has 0 atom stereocenters. The topological polar surface area (TPSA) is 69.6 Å². The molecule has 0 N–H and O–H groups in total. The van der Waals surface area contributed by atoms with Gasteiger partial charge in [0.25, 0.3) is 0 Å². The van der Waals surface area contributed by atoms with Crippen LogP contribution in [0, 0.1) is 12.7 Å². The maximum Gasteiger partial charge on any atom is 0.246 e. The molecular formula is C19H24FN5O2S. The summed E-state index contributed by atoms with van der Waals surface area (Å²) in [6.45, 7) is 5.44. The highest BCUT2D eigenvalue weighted by Crippen LogP contribution is 2.24. The van der Waals surface area contributed by atoms with Gasteiger partial charge in [0.05, 0.1) is 0 Å². The van der Waals surface area contributed by atoms with E-state index in [0.29, 0.717) is 19.0 Å². The van der Waals surface area contributed by atoms with Crippen LogP contribution < -0.4 is 9.80 Å². The molecule has 4 rings (SSSR count). The van der Waals surface area contributed by atoms with Crippen LogP contribution in [0.1, 0.15) is 18.5 Å². The van der Waals surface area contributed by atoms with Crippen molar-refractivity contribution in [1.29, 1.82) is 0 Å². The van der Waals surface area contributed by atoms with Crippen molar-refractivity contribution in [3.05, 3.63) is 41.8 Å². The maximum atomic E-state index is 14.0. The minimum absolute atomic E-state index is 0.271. The average molecular weight is 405 g/mol. The van der Waals surface area contributed by atoms with Gasteiger partial charge in [0.2, 0.25) is 16.0 Å². The number of nitrogens with zero attached hydrogens (tertiary/aromatic N) is 5.